The van der Waals surface area contributed by atoms with E-state index in [1.807, 2.05) is 30.3 Å². The van der Waals surface area contributed by atoms with Crippen LogP contribution in [-0.2, 0) is 22.4 Å². The van der Waals surface area contributed by atoms with E-state index in [2.05, 4.69) is 5.16 Å². The number of hydrogen-bond acceptors (Lipinski definition) is 5. The molecule has 1 aliphatic heterocycles. The van der Waals surface area contributed by atoms with E-state index in [4.69, 9.17) is 9.26 Å². The van der Waals surface area contributed by atoms with Crippen LogP contribution in [0.25, 0.3) is 0 Å². The Morgan fingerprint density at radius 2 is 2.12 bits per heavy atom. The molecule has 0 saturated carbocycles. The number of aromatic nitrogens is 1. The Morgan fingerprint density at radius 1 is 1.29 bits per heavy atom. The highest BCUT2D eigenvalue weighted by Crippen LogP contribution is 2.23. The summed E-state index contributed by atoms with van der Waals surface area (Å²) in [4.78, 5) is 14.3. The Balaban J connectivity index is 1.62. The molecule has 0 aliphatic carbocycles. The van der Waals surface area contributed by atoms with E-state index >= 15 is 0 Å². The first kappa shape index (κ1) is 16.7. The third kappa shape index (κ3) is 4.01. The summed E-state index contributed by atoms with van der Waals surface area (Å²) in [5.41, 5.74) is 0.351. The van der Waals surface area contributed by atoms with Crippen LogP contribution >= 0.6 is 0 Å². The Kier molecular flexibility index (Phi) is 5.27. The van der Waals surface area contributed by atoms with E-state index in [1.54, 1.807) is 17.2 Å². The molecule has 1 fully saturated rings. The molecule has 6 heteroatoms. The number of benzene rings is 1. The molecule has 24 heavy (non-hydrogen) atoms. The fraction of sp³-hybridized carbons (Fsp3) is 0.444. The summed E-state index contributed by atoms with van der Waals surface area (Å²) in [6, 6.07) is 11.7. The van der Waals surface area contributed by atoms with E-state index < -0.39 is 5.60 Å². The maximum atomic E-state index is 12.5. The molecule has 1 aromatic heterocycles. The van der Waals surface area contributed by atoms with E-state index in [9.17, 15) is 9.90 Å². The van der Waals surface area contributed by atoms with Gasteiger partial charge in [0.2, 0.25) is 5.91 Å². The van der Waals surface area contributed by atoms with Crippen molar-refractivity contribution in [3.63, 3.8) is 0 Å². The van der Waals surface area contributed by atoms with Crippen LogP contribution in [0.15, 0.2) is 47.1 Å². The van der Waals surface area contributed by atoms with E-state index in [-0.39, 0.29) is 12.5 Å². The molecule has 1 amide bonds. The van der Waals surface area contributed by atoms with Crippen LogP contribution in [0.5, 0.6) is 0 Å². The molecule has 1 atom stereocenters. The minimum absolute atomic E-state index is 0.0422. The third-order valence-electron chi connectivity index (χ3n) is 4.33. The van der Waals surface area contributed by atoms with Crippen LogP contribution in [0.1, 0.15) is 17.7 Å². The summed E-state index contributed by atoms with van der Waals surface area (Å²) in [6.45, 7) is 1.26. The second-order valence-corrected chi connectivity index (χ2v) is 6.15. The molecule has 2 heterocycles. The first-order chi connectivity index (χ1) is 11.7. The van der Waals surface area contributed by atoms with Crippen LogP contribution < -0.4 is 0 Å². The number of aliphatic hydroxyl groups is 1. The molecular weight excluding hydrogens is 308 g/mol. The van der Waals surface area contributed by atoms with Crippen molar-refractivity contribution in [2.45, 2.75) is 24.9 Å². The second kappa shape index (κ2) is 7.59. The fourth-order valence-corrected chi connectivity index (χ4v) is 3.04. The van der Waals surface area contributed by atoms with Gasteiger partial charge in [0.25, 0.3) is 0 Å². The number of morpholine rings is 1. The van der Waals surface area contributed by atoms with Crippen LogP contribution in [-0.4, -0.2) is 53.0 Å². The lowest BCUT2D eigenvalue weighted by atomic mass is 9.93. The lowest BCUT2D eigenvalue weighted by Crippen LogP contribution is -2.56. The molecule has 0 spiro atoms. The molecule has 128 valence electrons. The number of amides is 1. The average molecular weight is 330 g/mol. The average Bonchev–Trinajstić information content (AvgIpc) is 3.14. The lowest BCUT2D eigenvalue weighted by Gasteiger charge is -2.42. The largest absolute Gasteiger partial charge is 0.393 e. The molecule has 0 unspecified atom stereocenters. The first-order valence-electron chi connectivity index (χ1n) is 8.17. The third-order valence-corrected chi connectivity index (χ3v) is 4.33. The number of nitrogens with zero attached hydrogens (tertiary/aromatic N) is 2. The number of aryl methyl sites for hydroxylation is 1. The minimum Gasteiger partial charge on any atom is -0.393 e. The van der Waals surface area contributed by atoms with Gasteiger partial charge in [-0.2, -0.15) is 0 Å². The zero-order valence-corrected chi connectivity index (χ0v) is 13.6. The zero-order chi connectivity index (χ0) is 16.8. The number of carbonyl (C=O) groups excluding carboxylic acids is 1. The summed E-state index contributed by atoms with van der Waals surface area (Å²) < 4.78 is 10.9. The van der Waals surface area contributed by atoms with Gasteiger partial charge in [-0.15, -0.1) is 0 Å². The predicted molar refractivity (Wildman–Crippen MR) is 87.3 cm³/mol. The molecule has 1 aliphatic rings. The van der Waals surface area contributed by atoms with E-state index in [1.165, 1.54) is 0 Å². The van der Waals surface area contributed by atoms with Crippen molar-refractivity contribution in [3.05, 3.63) is 53.9 Å². The summed E-state index contributed by atoms with van der Waals surface area (Å²) >= 11 is 0. The topological polar surface area (TPSA) is 75.8 Å². The Hall–Kier alpha value is -2.18. The minimum atomic E-state index is -0.735. The number of aliphatic hydroxyl groups excluding tert-OH is 1. The molecule has 3 rings (SSSR count). The van der Waals surface area contributed by atoms with Crippen molar-refractivity contribution in [2.24, 2.45) is 0 Å². The quantitative estimate of drug-likeness (QED) is 0.867. The molecule has 1 aromatic carbocycles. The van der Waals surface area contributed by atoms with Gasteiger partial charge in [0.05, 0.1) is 26.0 Å². The Morgan fingerprint density at radius 3 is 2.83 bits per heavy atom. The van der Waals surface area contributed by atoms with Crippen molar-refractivity contribution < 1.29 is 19.2 Å². The zero-order valence-electron chi connectivity index (χ0n) is 13.6. The van der Waals surface area contributed by atoms with Gasteiger partial charge in [0.15, 0.2) is 0 Å². The standard InChI is InChI=1S/C18H22N2O4/c21-14-18(12-15-4-2-1-3-5-15)13-20(10-11-23-18)17(22)7-6-16-8-9-19-24-16/h1-5,8-9,21H,6-7,10-14H2/t18-/m0/s1. The Bertz CT molecular complexity index is 644. The summed E-state index contributed by atoms with van der Waals surface area (Å²) in [5, 5.41) is 13.5. The first-order valence-corrected chi connectivity index (χ1v) is 8.17. The maximum absolute atomic E-state index is 12.5. The predicted octanol–water partition coefficient (Wildman–Crippen LogP) is 1.44. The lowest BCUT2D eigenvalue weighted by molar-refractivity contribution is -0.158. The molecule has 0 radical (unpaired) electrons. The fourth-order valence-electron chi connectivity index (χ4n) is 3.04. The SMILES string of the molecule is O=C(CCc1ccno1)N1CCO[C@@](CO)(Cc2ccccc2)C1. The van der Waals surface area contributed by atoms with Gasteiger partial charge in [-0.3, -0.25) is 4.79 Å². The molecular formula is C18H22N2O4. The highest BCUT2D eigenvalue weighted by Gasteiger charge is 2.38. The van der Waals surface area contributed by atoms with Gasteiger partial charge in [-0.25, -0.2) is 0 Å². The highest BCUT2D eigenvalue weighted by molar-refractivity contribution is 5.76. The number of carbonyl (C=O) groups is 1. The molecule has 6 nitrogen and oxygen atoms in total. The molecule has 1 saturated heterocycles. The smallest absolute Gasteiger partial charge is 0.223 e. The van der Waals surface area contributed by atoms with Crippen LogP contribution in [0.2, 0.25) is 0 Å². The van der Waals surface area contributed by atoms with Gasteiger partial charge in [-0.1, -0.05) is 35.5 Å². The maximum Gasteiger partial charge on any atom is 0.223 e. The monoisotopic (exact) mass is 330 g/mol. The van der Waals surface area contributed by atoms with Gasteiger partial charge < -0.3 is 19.3 Å². The van der Waals surface area contributed by atoms with Crippen molar-refractivity contribution in [1.82, 2.24) is 10.1 Å². The second-order valence-electron chi connectivity index (χ2n) is 6.15. The summed E-state index contributed by atoms with van der Waals surface area (Å²) in [7, 11) is 0. The Labute approximate surface area is 141 Å². The van der Waals surface area contributed by atoms with Gasteiger partial charge in [0.1, 0.15) is 11.4 Å². The van der Waals surface area contributed by atoms with Crippen LogP contribution in [0, 0.1) is 0 Å². The van der Waals surface area contributed by atoms with Crippen molar-refractivity contribution in [3.8, 4) is 0 Å². The number of ether oxygens (including phenoxy) is 1. The highest BCUT2D eigenvalue weighted by atomic mass is 16.5. The molecule has 0 bridgehead atoms. The summed E-state index contributed by atoms with van der Waals surface area (Å²) in [5.74, 6) is 0.745. The van der Waals surface area contributed by atoms with E-state index in [0.717, 1.165) is 5.56 Å². The van der Waals surface area contributed by atoms with Crippen LogP contribution in [0.4, 0.5) is 0 Å². The van der Waals surface area contributed by atoms with Gasteiger partial charge in [-0.05, 0) is 5.56 Å². The van der Waals surface area contributed by atoms with Gasteiger partial charge >= 0.3 is 0 Å². The number of rotatable bonds is 6. The normalized spacial score (nSPS) is 21.0. The van der Waals surface area contributed by atoms with Gasteiger partial charge in [0, 0.05) is 31.9 Å². The summed E-state index contributed by atoms with van der Waals surface area (Å²) in [6.07, 6.45) is 3.05. The van der Waals surface area contributed by atoms with E-state index in [0.29, 0.717) is 44.7 Å². The van der Waals surface area contributed by atoms with Crippen molar-refractivity contribution in [2.75, 3.05) is 26.3 Å². The molecule has 2 aromatic rings. The van der Waals surface area contributed by atoms with Crippen molar-refractivity contribution in [1.29, 1.82) is 0 Å². The van der Waals surface area contributed by atoms with Crippen molar-refractivity contribution >= 4 is 5.91 Å². The van der Waals surface area contributed by atoms with Crippen LogP contribution in [0.3, 0.4) is 0 Å². The molecule has 1 N–H and O–H groups in total. The number of hydrogen-bond donors (Lipinski definition) is 1.